The number of aliphatic hydroxyl groups excluding tert-OH is 5. The van der Waals surface area contributed by atoms with E-state index >= 15 is 0 Å². The Hall–Kier alpha value is -1.07. The standard InChI is InChI=1S/C55H107NO8/c1-3-5-7-9-11-13-15-17-19-20-21-22-23-24-25-26-27-28-29-30-31-33-35-37-39-41-43-45-51(59)56-48(47-63-55-54(62)53(61)52(60)50(46-57)64-55)49(58)44-42-40-38-36-34-32-18-16-14-12-10-8-6-4-2/h24-25,48-50,52-55,57-58,60-62H,3-23,26-47H2,1-2H3,(H,56,59)/b25-24-. The monoisotopic (exact) mass is 910 g/mol. The van der Waals surface area contributed by atoms with Crippen LogP contribution in [0.15, 0.2) is 12.2 Å². The summed E-state index contributed by atoms with van der Waals surface area (Å²) in [7, 11) is 0. The molecule has 1 heterocycles. The highest BCUT2D eigenvalue weighted by Crippen LogP contribution is 2.23. The van der Waals surface area contributed by atoms with Gasteiger partial charge in [-0.15, -0.1) is 0 Å². The molecule has 9 heteroatoms. The van der Waals surface area contributed by atoms with Gasteiger partial charge in [-0.1, -0.05) is 244 Å². The Morgan fingerprint density at radius 3 is 1.27 bits per heavy atom. The molecular formula is C55H107NO8. The molecule has 1 aliphatic heterocycles. The van der Waals surface area contributed by atoms with Crippen molar-refractivity contribution >= 4 is 5.91 Å². The Morgan fingerprint density at radius 1 is 0.516 bits per heavy atom. The number of hydrogen-bond donors (Lipinski definition) is 6. The van der Waals surface area contributed by atoms with Crippen molar-refractivity contribution in [3.8, 4) is 0 Å². The minimum Gasteiger partial charge on any atom is -0.394 e. The molecule has 9 nitrogen and oxygen atoms in total. The van der Waals surface area contributed by atoms with Crippen LogP contribution in [-0.2, 0) is 14.3 Å². The van der Waals surface area contributed by atoms with Crippen molar-refractivity contribution < 1.29 is 39.8 Å². The van der Waals surface area contributed by atoms with Crippen LogP contribution in [0.1, 0.15) is 277 Å². The molecule has 0 aliphatic carbocycles. The lowest BCUT2D eigenvalue weighted by atomic mass is 9.99. The Labute approximate surface area is 395 Å². The van der Waals surface area contributed by atoms with E-state index in [0.717, 1.165) is 38.5 Å². The van der Waals surface area contributed by atoms with Gasteiger partial charge in [0.05, 0.1) is 25.4 Å². The summed E-state index contributed by atoms with van der Waals surface area (Å²) < 4.78 is 11.3. The van der Waals surface area contributed by atoms with E-state index in [2.05, 4.69) is 31.3 Å². The zero-order valence-electron chi connectivity index (χ0n) is 42.1. The lowest BCUT2D eigenvalue weighted by Crippen LogP contribution is -2.60. The first-order chi connectivity index (χ1) is 31.3. The van der Waals surface area contributed by atoms with Gasteiger partial charge in [0.25, 0.3) is 0 Å². The zero-order chi connectivity index (χ0) is 46.6. The predicted molar refractivity (Wildman–Crippen MR) is 267 cm³/mol. The van der Waals surface area contributed by atoms with Crippen LogP contribution in [0, 0.1) is 0 Å². The molecule has 1 aliphatic rings. The van der Waals surface area contributed by atoms with Gasteiger partial charge in [-0.3, -0.25) is 4.79 Å². The van der Waals surface area contributed by atoms with E-state index in [4.69, 9.17) is 9.47 Å². The number of amides is 1. The maximum absolute atomic E-state index is 13.0. The van der Waals surface area contributed by atoms with Crippen LogP contribution in [0.25, 0.3) is 0 Å². The molecule has 1 amide bonds. The van der Waals surface area contributed by atoms with Gasteiger partial charge in [-0.2, -0.15) is 0 Å². The van der Waals surface area contributed by atoms with E-state index in [1.165, 1.54) is 212 Å². The van der Waals surface area contributed by atoms with E-state index in [1.54, 1.807) is 0 Å². The van der Waals surface area contributed by atoms with Gasteiger partial charge in [0.2, 0.25) is 5.91 Å². The molecule has 0 radical (unpaired) electrons. The molecule has 0 aromatic carbocycles. The fourth-order valence-corrected chi connectivity index (χ4v) is 9.16. The second-order valence-corrected chi connectivity index (χ2v) is 19.7. The molecule has 64 heavy (non-hydrogen) atoms. The van der Waals surface area contributed by atoms with Crippen LogP contribution in [-0.4, -0.2) is 87.5 Å². The molecule has 1 rings (SSSR count). The molecule has 6 N–H and O–H groups in total. The van der Waals surface area contributed by atoms with Crippen LogP contribution in [0.2, 0.25) is 0 Å². The minimum absolute atomic E-state index is 0.134. The van der Waals surface area contributed by atoms with E-state index in [-0.39, 0.29) is 12.5 Å². The molecule has 0 bridgehead atoms. The van der Waals surface area contributed by atoms with Gasteiger partial charge in [-0.05, 0) is 38.5 Å². The van der Waals surface area contributed by atoms with E-state index in [9.17, 15) is 30.3 Å². The lowest BCUT2D eigenvalue weighted by Gasteiger charge is -2.40. The van der Waals surface area contributed by atoms with Crippen molar-refractivity contribution in [2.45, 2.75) is 320 Å². The summed E-state index contributed by atoms with van der Waals surface area (Å²) in [4.78, 5) is 13.0. The third-order valence-electron chi connectivity index (χ3n) is 13.6. The topological polar surface area (TPSA) is 149 Å². The number of rotatable bonds is 48. The first-order valence-electron chi connectivity index (χ1n) is 27.9. The first-order valence-corrected chi connectivity index (χ1v) is 27.9. The minimum atomic E-state index is -1.55. The number of ether oxygens (including phenoxy) is 2. The van der Waals surface area contributed by atoms with Gasteiger partial charge in [0, 0.05) is 6.42 Å². The number of nitrogens with one attached hydrogen (secondary N) is 1. The second kappa shape index (κ2) is 45.7. The molecule has 0 aromatic rings. The fraction of sp³-hybridized carbons (Fsp3) is 0.945. The normalized spacial score (nSPS) is 20.0. The lowest BCUT2D eigenvalue weighted by molar-refractivity contribution is -0.302. The van der Waals surface area contributed by atoms with Crippen LogP contribution in [0.5, 0.6) is 0 Å². The quantitative estimate of drug-likeness (QED) is 0.0261. The summed E-state index contributed by atoms with van der Waals surface area (Å²) >= 11 is 0. The maximum atomic E-state index is 13.0. The summed E-state index contributed by atoms with van der Waals surface area (Å²) in [5.41, 5.74) is 0. The van der Waals surface area contributed by atoms with Crippen molar-refractivity contribution in [3.63, 3.8) is 0 Å². The van der Waals surface area contributed by atoms with Crippen molar-refractivity contribution in [1.29, 1.82) is 0 Å². The summed E-state index contributed by atoms with van der Waals surface area (Å²) in [6, 6.07) is -0.716. The van der Waals surface area contributed by atoms with Gasteiger partial charge in [-0.25, -0.2) is 0 Å². The van der Waals surface area contributed by atoms with Crippen LogP contribution < -0.4 is 5.32 Å². The predicted octanol–water partition coefficient (Wildman–Crippen LogP) is 13.2. The number of allylic oxidation sites excluding steroid dienone is 2. The molecule has 1 fully saturated rings. The van der Waals surface area contributed by atoms with Gasteiger partial charge in [0.15, 0.2) is 6.29 Å². The number of aliphatic hydroxyl groups is 5. The molecule has 7 unspecified atom stereocenters. The number of unbranched alkanes of at least 4 members (excludes halogenated alkanes) is 36. The Balaban J connectivity index is 2.17. The summed E-state index contributed by atoms with van der Waals surface area (Å²) in [6.07, 6.45) is 48.1. The molecule has 380 valence electrons. The van der Waals surface area contributed by atoms with Crippen molar-refractivity contribution in [3.05, 3.63) is 12.2 Å². The van der Waals surface area contributed by atoms with E-state index < -0.39 is 49.5 Å². The third-order valence-corrected chi connectivity index (χ3v) is 13.6. The summed E-state index contributed by atoms with van der Waals surface area (Å²) in [6.45, 7) is 3.86. The van der Waals surface area contributed by atoms with Gasteiger partial charge >= 0.3 is 0 Å². The Kier molecular flexibility index (Phi) is 43.5. The largest absolute Gasteiger partial charge is 0.394 e. The third kappa shape index (κ3) is 35.1. The highest BCUT2D eigenvalue weighted by molar-refractivity contribution is 5.76. The van der Waals surface area contributed by atoms with Crippen LogP contribution >= 0.6 is 0 Å². The van der Waals surface area contributed by atoms with E-state index in [1.807, 2.05) is 0 Å². The molecular weight excluding hydrogens is 803 g/mol. The van der Waals surface area contributed by atoms with Crippen molar-refractivity contribution in [2.24, 2.45) is 0 Å². The summed E-state index contributed by atoms with van der Waals surface area (Å²) in [5, 5.41) is 54.5. The number of hydrogen-bond acceptors (Lipinski definition) is 8. The van der Waals surface area contributed by atoms with E-state index in [0.29, 0.717) is 12.8 Å². The molecule has 0 spiro atoms. The molecule has 0 aromatic heterocycles. The zero-order valence-corrected chi connectivity index (χ0v) is 42.1. The Bertz CT molecular complexity index is 1010. The molecule has 7 atom stereocenters. The van der Waals surface area contributed by atoms with Gasteiger partial charge in [0.1, 0.15) is 24.4 Å². The fourth-order valence-electron chi connectivity index (χ4n) is 9.16. The smallest absolute Gasteiger partial charge is 0.220 e. The maximum Gasteiger partial charge on any atom is 0.220 e. The average Bonchev–Trinajstić information content (AvgIpc) is 3.29. The SMILES string of the molecule is CCCCCCCCCCCCCC/C=C\CCCCCCCCCCCCCC(=O)NC(COC1OC(CO)C(O)C(O)C1O)C(O)CCCCCCCCCCCCCCCC. The van der Waals surface area contributed by atoms with Crippen molar-refractivity contribution in [1.82, 2.24) is 5.32 Å². The Morgan fingerprint density at radius 2 is 0.875 bits per heavy atom. The molecule has 0 saturated carbocycles. The van der Waals surface area contributed by atoms with Crippen LogP contribution in [0.4, 0.5) is 0 Å². The first kappa shape index (κ1) is 60.9. The average molecular weight is 910 g/mol. The highest BCUT2D eigenvalue weighted by atomic mass is 16.7. The number of carbonyl (C=O) groups is 1. The number of carbonyl (C=O) groups excluding carboxylic acids is 1. The second-order valence-electron chi connectivity index (χ2n) is 19.7. The van der Waals surface area contributed by atoms with Crippen molar-refractivity contribution in [2.75, 3.05) is 13.2 Å². The summed E-state index contributed by atoms with van der Waals surface area (Å²) in [5.74, 6) is -0.141. The van der Waals surface area contributed by atoms with Crippen LogP contribution in [0.3, 0.4) is 0 Å². The molecule has 1 saturated heterocycles. The van der Waals surface area contributed by atoms with Gasteiger partial charge < -0.3 is 40.3 Å². The highest BCUT2D eigenvalue weighted by Gasteiger charge is 2.44.